The van der Waals surface area contributed by atoms with Crippen LogP contribution in [0.3, 0.4) is 0 Å². The number of hydrogen-bond acceptors (Lipinski definition) is 4. The molecule has 144 valence electrons. The Balaban J connectivity index is 1.44. The minimum atomic E-state index is -0.916. The highest BCUT2D eigenvalue weighted by atomic mass is 35.5. The predicted octanol–water partition coefficient (Wildman–Crippen LogP) is 3.23. The summed E-state index contributed by atoms with van der Waals surface area (Å²) in [6.07, 6.45) is 0. The molecule has 0 atom stereocenters. The summed E-state index contributed by atoms with van der Waals surface area (Å²) in [4.78, 5) is 15.2. The van der Waals surface area contributed by atoms with Crippen molar-refractivity contribution in [3.05, 3.63) is 59.1 Å². The third kappa shape index (κ3) is 6.04. The van der Waals surface area contributed by atoms with E-state index in [1.807, 2.05) is 24.3 Å². The maximum Gasteiger partial charge on any atom is 0.329 e. The van der Waals surface area contributed by atoms with Crippen molar-refractivity contribution in [2.75, 3.05) is 45.9 Å². The number of ether oxygens (including phenoxy) is 1. The Morgan fingerprint density at radius 3 is 2.33 bits per heavy atom. The van der Waals surface area contributed by atoms with Gasteiger partial charge >= 0.3 is 5.97 Å². The number of carbonyl (C=O) groups is 1. The van der Waals surface area contributed by atoms with E-state index < -0.39 is 5.97 Å². The van der Waals surface area contributed by atoms with Crippen LogP contribution in [0.1, 0.15) is 5.56 Å². The summed E-state index contributed by atoms with van der Waals surface area (Å²) in [5.41, 5.74) is 3.49. The fourth-order valence-electron chi connectivity index (χ4n) is 3.27. The molecule has 2 aromatic rings. The van der Waals surface area contributed by atoms with Gasteiger partial charge in [-0.25, -0.2) is 4.79 Å². The van der Waals surface area contributed by atoms with E-state index in [9.17, 15) is 4.79 Å². The van der Waals surface area contributed by atoms with Crippen LogP contribution >= 0.6 is 11.6 Å². The average molecular weight is 389 g/mol. The number of carboxylic acid groups (broad SMARTS) is 1. The van der Waals surface area contributed by atoms with Gasteiger partial charge in [0, 0.05) is 49.9 Å². The Bertz CT molecular complexity index is 743. The number of benzene rings is 2. The van der Waals surface area contributed by atoms with E-state index in [-0.39, 0.29) is 6.61 Å². The van der Waals surface area contributed by atoms with Gasteiger partial charge in [0.15, 0.2) is 0 Å². The number of hydrogen-bond donors (Lipinski definition) is 1. The van der Waals surface area contributed by atoms with E-state index in [4.69, 9.17) is 21.4 Å². The van der Waals surface area contributed by atoms with Crippen LogP contribution in [0.25, 0.3) is 11.1 Å². The third-order valence-electron chi connectivity index (χ3n) is 4.79. The molecular formula is C21H25ClN2O3. The summed E-state index contributed by atoms with van der Waals surface area (Å²) in [6, 6.07) is 16.5. The van der Waals surface area contributed by atoms with Crippen molar-refractivity contribution in [3.8, 4) is 11.1 Å². The number of rotatable bonds is 8. The normalized spacial score (nSPS) is 15.7. The van der Waals surface area contributed by atoms with Crippen molar-refractivity contribution in [1.29, 1.82) is 0 Å². The molecule has 1 N–H and O–H groups in total. The van der Waals surface area contributed by atoms with Gasteiger partial charge in [-0.1, -0.05) is 54.1 Å². The molecule has 27 heavy (non-hydrogen) atoms. The lowest BCUT2D eigenvalue weighted by Crippen LogP contribution is -2.46. The number of nitrogens with zero attached hydrogens (tertiary/aromatic N) is 2. The van der Waals surface area contributed by atoms with Crippen LogP contribution in [-0.4, -0.2) is 66.8 Å². The van der Waals surface area contributed by atoms with Gasteiger partial charge in [0.2, 0.25) is 0 Å². The minimum absolute atomic E-state index is 0.218. The summed E-state index contributed by atoms with van der Waals surface area (Å²) in [5, 5.41) is 9.34. The zero-order chi connectivity index (χ0) is 19.1. The Morgan fingerprint density at radius 1 is 1.00 bits per heavy atom. The monoisotopic (exact) mass is 388 g/mol. The first kappa shape index (κ1) is 19.8. The molecule has 1 fully saturated rings. The molecule has 0 spiro atoms. The van der Waals surface area contributed by atoms with Gasteiger partial charge in [0.05, 0.1) is 6.61 Å². The maximum absolute atomic E-state index is 10.4. The molecule has 0 radical (unpaired) electrons. The quantitative estimate of drug-likeness (QED) is 0.704. The Labute approximate surface area is 165 Å². The fraction of sp³-hybridized carbons (Fsp3) is 0.381. The Hall–Kier alpha value is -1.92. The first-order chi connectivity index (χ1) is 13.1. The molecule has 0 unspecified atom stereocenters. The molecule has 0 aliphatic carbocycles. The van der Waals surface area contributed by atoms with Gasteiger partial charge in [-0.15, -0.1) is 0 Å². The van der Waals surface area contributed by atoms with Crippen LogP contribution in [0.15, 0.2) is 48.5 Å². The summed E-state index contributed by atoms with van der Waals surface area (Å²) < 4.78 is 5.11. The summed E-state index contributed by atoms with van der Waals surface area (Å²) >= 11 is 6.28. The van der Waals surface area contributed by atoms with Crippen LogP contribution in [0.5, 0.6) is 0 Å². The first-order valence-electron chi connectivity index (χ1n) is 9.20. The Morgan fingerprint density at radius 2 is 1.67 bits per heavy atom. The van der Waals surface area contributed by atoms with Gasteiger partial charge < -0.3 is 9.84 Å². The maximum atomic E-state index is 10.4. The van der Waals surface area contributed by atoms with Gasteiger partial charge in [-0.2, -0.15) is 0 Å². The van der Waals surface area contributed by atoms with E-state index >= 15 is 0 Å². The van der Waals surface area contributed by atoms with E-state index in [2.05, 4.69) is 34.1 Å². The van der Waals surface area contributed by atoms with Gasteiger partial charge in [0.1, 0.15) is 6.61 Å². The molecule has 0 bridgehead atoms. The second-order valence-electron chi connectivity index (χ2n) is 6.74. The largest absolute Gasteiger partial charge is 0.480 e. The van der Waals surface area contributed by atoms with Gasteiger partial charge in [-0.3, -0.25) is 9.80 Å². The van der Waals surface area contributed by atoms with Crippen molar-refractivity contribution in [2.24, 2.45) is 0 Å². The smallest absolute Gasteiger partial charge is 0.329 e. The van der Waals surface area contributed by atoms with Crippen molar-refractivity contribution >= 4 is 17.6 Å². The lowest BCUT2D eigenvalue weighted by molar-refractivity contribution is -0.142. The van der Waals surface area contributed by atoms with Crippen molar-refractivity contribution < 1.29 is 14.6 Å². The molecule has 1 heterocycles. The number of halogens is 1. The van der Waals surface area contributed by atoms with Gasteiger partial charge in [0.25, 0.3) is 0 Å². The van der Waals surface area contributed by atoms with Crippen molar-refractivity contribution in [3.63, 3.8) is 0 Å². The average Bonchev–Trinajstić information content (AvgIpc) is 2.67. The molecule has 0 aromatic heterocycles. The van der Waals surface area contributed by atoms with Crippen LogP contribution in [0, 0.1) is 0 Å². The molecule has 5 nitrogen and oxygen atoms in total. The topological polar surface area (TPSA) is 53.0 Å². The zero-order valence-electron chi connectivity index (χ0n) is 15.3. The van der Waals surface area contributed by atoms with E-state index in [0.29, 0.717) is 6.61 Å². The molecule has 1 aliphatic rings. The van der Waals surface area contributed by atoms with E-state index in [1.54, 1.807) is 0 Å². The molecule has 0 saturated carbocycles. The van der Waals surface area contributed by atoms with E-state index in [1.165, 1.54) is 5.56 Å². The molecule has 2 aromatic carbocycles. The standard InChI is InChI=1S/C21H25ClN2O3/c22-20-4-2-1-3-19(20)18-7-5-17(6-8-18)15-24-11-9-23(10-12-24)13-14-27-16-21(25)26/h1-8H,9-16H2,(H,25,26). The molecule has 1 saturated heterocycles. The molecule has 0 amide bonds. The predicted molar refractivity (Wildman–Crippen MR) is 107 cm³/mol. The second kappa shape index (κ2) is 9.85. The van der Waals surface area contributed by atoms with Gasteiger partial charge in [-0.05, 0) is 17.2 Å². The number of aliphatic carboxylic acids is 1. The van der Waals surface area contributed by atoms with Crippen molar-refractivity contribution in [1.82, 2.24) is 9.80 Å². The lowest BCUT2D eigenvalue weighted by atomic mass is 10.0. The first-order valence-corrected chi connectivity index (χ1v) is 9.58. The van der Waals surface area contributed by atoms with Crippen LogP contribution in [0.2, 0.25) is 5.02 Å². The highest BCUT2D eigenvalue weighted by Gasteiger charge is 2.16. The number of carboxylic acids is 1. The summed E-state index contributed by atoms with van der Waals surface area (Å²) in [6.45, 7) is 5.94. The molecular weight excluding hydrogens is 364 g/mol. The van der Waals surface area contributed by atoms with E-state index in [0.717, 1.165) is 55.4 Å². The van der Waals surface area contributed by atoms with Crippen LogP contribution in [0.4, 0.5) is 0 Å². The van der Waals surface area contributed by atoms with Crippen molar-refractivity contribution in [2.45, 2.75) is 6.54 Å². The van der Waals surface area contributed by atoms with Crippen LogP contribution in [-0.2, 0) is 16.1 Å². The van der Waals surface area contributed by atoms with Crippen LogP contribution < -0.4 is 0 Å². The summed E-state index contributed by atoms with van der Waals surface area (Å²) in [5.74, 6) is -0.916. The highest BCUT2D eigenvalue weighted by Crippen LogP contribution is 2.27. The third-order valence-corrected chi connectivity index (χ3v) is 5.12. The fourth-order valence-corrected chi connectivity index (χ4v) is 3.51. The lowest BCUT2D eigenvalue weighted by Gasteiger charge is -2.34. The zero-order valence-corrected chi connectivity index (χ0v) is 16.1. The minimum Gasteiger partial charge on any atom is -0.480 e. The molecule has 6 heteroatoms. The highest BCUT2D eigenvalue weighted by molar-refractivity contribution is 6.33. The Kier molecular flexibility index (Phi) is 7.24. The summed E-state index contributed by atoms with van der Waals surface area (Å²) in [7, 11) is 0. The SMILES string of the molecule is O=C(O)COCCN1CCN(Cc2ccc(-c3ccccc3Cl)cc2)CC1. The second-order valence-corrected chi connectivity index (χ2v) is 7.15. The number of piperazine rings is 1. The molecule has 1 aliphatic heterocycles. The molecule has 3 rings (SSSR count).